The zero-order valence-electron chi connectivity index (χ0n) is 7.11. The number of nitrogens with zero attached hydrogens (tertiary/aromatic N) is 3. The Labute approximate surface area is 74.8 Å². The lowest BCUT2D eigenvalue weighted by molar-refractivity contribution is 0.625. The largest absolute Gasteiger partial charge is 0.288 e. The molecule has 0 aliphatic carbocycles. The molecule has 0 spiro atoms. The smallest absolute Gasteiger partial charge is 0.125 e. The Hall–Kier alpha value is -1.71. The summed E-state index contributed by atoms with van der Waals surface area (Å²) < 4.78 is 14.6. The van der Waals surface area contributed by atoms with E-state index in [4.69, 9.17) is 0 Å². The molecule has 66 valence electrons. The van der Waals surface area contributed by atoms with Crippen LogP contribution in [0.25, 0.3) is 5.69 Å². The summed E-state index contributed by atoms with van der Waals surface area (Å²) in [5, 5.41) is 7.30. The Morgan fingerprint density at radius 1 is 1.15 bits per heavy atom. The molecule has 13 heavy (non-hydrogen) atoms. The van der Waals surface area contributed by atoms with Gasteiger partial charge in [-0.2, -0.15) is 0 Å². The Morgan fingerprint density at radius 2 is 1.85 bits per heavy atom. The first kappa shape index (κ1) is 7.91. The third kappa shape index (κ3) is 1.56. The van der Waals surface area contributed by atoms with Crippen LogP contribution in [-0.2, 0) is 0 Å². The summed E-state index contributed by atoms with van der Waals surface area (Å²) in [6, 6.07) is 4.79. The summed E-state index contributed by atoms with van der Waals surface area (Å²) in [6.07, 6.45) is 3.07. The minimum atomic E-state index is -0.247. The predicted molar refractivity (Wildman–Crippen MR) is 46.1 cm³/mol. The number of aryl methyl sites for hydroxylation is 1. The highest BCUT2D eigenvalue weighted by Gasteiger charge is 1.99. The molecule has 0 atom stereocenters. The molecule has 2 aromatic rings. The first-order chi connectivity index (χ1) is 6.25. The maximum absolute atomic E-state index is 13.0. The molecule has 0 saturated carbocycles. The molecular formula is C9H8FN3. The third-order valence-corrected chi connectivity index (χ3v) is 1.74. The molecule has 1 aromatic heterocycles. The van der Waals surface area contributed by atoms with Gasteiger partial charge in [0.05, 0.1) is 5.69 Å². The van der Waals surface area contributed by atoms with Crippen molar-refractivity contribution in [2.75, 3.05) is 0 Å². The quantitative estimate of drug-likeness (QED) is 0.664. The van der Waals surface area contributed by atoms with Crippen molar-refractivity contribution in [3.05, 3.63) is 42.2 Å². The van der Waals surface area contributed by atoms with Gasteiger partial charge in [0.1, 0.15) is 18.5 Å². The van der Waals surface area contributed by atoms with Crippen molar-refractivity contribution in [2.24, 2.45) is 0 Å². The Bertz CT molecular complexity index is 389. The number of benzene rings is 1. The molecule has 0 aliphatic heterocycles. The van der Waals surface area contributed by atoms with Gasteiger partial charge >= 0.3 is 0 Å². The zero-order valence-corrected chi connectivity index (χ0v) is 7.11. The first-order valence-corrected chi connectivity index (χ1v) is 3.88. The molecule has 4 heteroatoms. The minimum absolute atomic E-state index is 0.247. The van der Waals surface area contributed by atoms with Gasteiger partial charge in [-0.15, -0.1) is 10.2 Å². The van der Waals surface area contributed by atoms with Crippen molar-refractivity contribution in [3.8, 4) is 5.69 Å². The summed E-state index contributed by atoms with van der Waals surface area (Å²) in [5.74, 6) is -0.247. The van der Waals surface area contributed by atoms with Gasteiger partial charge in [-0.25, -0.2) is 4.39 Å². The summed E-state index contributed by atoms with van der Waals surface area (Å²) in [4.78, 5) is 0. The second-order valence-corrected chi connectivity index (χ2v) is 2.86. The molecule has 2 rings (SSSR count). The molecule has 3 nitrogen and oxygen atoms in total. The van der Waals surface area contributed by atoms with E-state index < -0.39 is 0 Å². The number of rotatable bonds is 1. The maximum Gasteiger partial charge on any atom is 0.125 e. The minimum Gasteiger partial charge on any atom is -0.288 e. The Kier molecular flexibility index (Phi) is 1.81. The second kappa shape index (κ2) is 2.97. The lowest BCUT2D eigenvalue weighted by Gasteiger charge is -2.02. The van der Waals surface area contributed by atoms with Crippen LogP contribution in [-0.4, -0.2) is 14.8 Å². The number of hydrogen-bond acceptors (Lipinski definition) is 2. The second-order valence-electron chi connectivity index (χ2n) is 2.86. The summed E-state index contributed by atoms with van der Waals surface area (Å²) in [7, 11) is 0. The van der Waals surface area contributed by atoms with E-state index in [2.05, 4.69) is 10.2 Å². The normalized spacial score (nSPS) is 10.3. The first-order valence-electron chi connectivity index (χ1n) is 3.88. The van der Waals surface area contributed by atoms with Gasteiger partial charge in [0.2, 0.25) is 0 Å². The number of halogens is 1. The molecule has 0 saturated heterocycles. The highest BCUT2D eigenvalue weighted by molar-refractivity contribution is 5.35. The zero-order chi connectivity index (χ0) is 9.26. The van der Waals surface area contributed by atoms with E-state index in [9.17, 15) is 4.39 Å². The fourth-order valence-corrected chi connectivity index (χ4v) is 1.20. The van der Waals surface area contributed by atoms with Crippen LogP contribution in [0.3, 0.4) is 0 Å². The molecule has 1 aromatic carbocycles. The van der Waals surface area contributed by atoms with Gasteiger partial charge in [0.25, 0.3) is 0 Å². The van der Waals surface area contributed by atoms with E-state index in [0.717, 1.165) is 11.3 Å². The van der Waals surface area contributed by atoms with Crippen molar-refractivity contribution in [2.45, 2.75) is 6.92 Å². The highest BCUT2D eigenvalue weighted by atomic mass is 19.1. The van der Waals surface area contributed by atoms with Gasteiger partial charge in [-0.05, 0) is 30.7 Å². The standard InChI is InChI=1S/C9H8FN3/c1-7-2-8(10)4-9(3-7)13-5-11-12-6-13/h2-6H,1H3. The highest BCUT2D eigenvalue weighted by Crippen LogP contribution is 2.11. The van der Waals surface area contributed by atoms with Crippen molar-refractivity contribution < 1.29 is 4.39 Å². The molecule has 0 fully saturated rings. The van der Waals surface area contributed by atoms with Crippen molar-refractivity contribution in [3.63, 3.8) is 0 Å². The van der Waals surface area contributed by atoms with E-state index >= 15 is 0 Å². The van der Waals surface area contributed by atoms with Crippen molar-refractivity contribution in [1.82, 2.24) is 14.8 Å². The fraction of sp³-hybridized carbons (Fsp3) is 0.111. The van der Waals surface area contributed by atoms with Crippen LogP contribution in [0.2, 0.25) is 0 Å². The van der Waals surface area contributed by atoms with Gasteiger partial charge in [-0.3, -0.25) is 4.57 Å². The van der Waals surface area contributed by atoms with Gasteiger partial charge in [0, 0.05) is 0 Å². The molecule has 0 bridgehead atoms. The molecule has 0 unspecified atom stereocenters. The average molecular weight is 177 g/mol. The van der Waals surface area contributed by atoms with Gasteiger partial charge < -0.3 is 0 Å². The Morgan fingerprint density at radius 3 is 2.46 bits per heavy atom. The third-order valence-electron chi connectivity index (χ3n) is 1.74. The maximum atomic E-state index is 13.0. The molecule has 0 amide bonds. The monoisotopic (exact) mass is 177 g/mol. The molecule has 1 heterocycles. The predicted octanol–water partition coefficient (Wildman–Crippen LogP) is 1.71. The topological polar surface area (TPSA) is 30.7 Å². The van der Waals surface area contributed by atoms with E-state index in [0.29, 0.717) is 0 Å². The van der Waals surface area contributed by atoms with Crippen LogP contribution < -0.4 is 0 Å². The van der Waals surface area contributed by atoms with Crippen molar-refractivity contribution >= 4 is 0 Å². The summed E-state index contributed by atoms with van der Waals surface area (Å²) >= 11 is 0. The van der Waals surface area contributed by atoms with E-state index in [1.807, 2.05) is 13.0 Å². The fourth-order valence-electron chi connectivity index (χ4n) is 1.20. The van der Waals surface area contributed by atoms with Crippen LogP contribution in [0, 0.1) is 12.7 Å². The van der Waals surface area contributed by atoms with Crippen LogP contribution in [0.4, 0.5) is 4.39 Å². The SMILES string of the molecule is Cc1cc(F)cc(-n2cnnc2)c1. The van der Waals surface area contributed by atoms with Crippen LogP contribution in [0.15, 0.2) is 30.9 Å². The molecule has 0 aliphatic rings. The lowest BCUT2D eigenvalue weighted by Crippen LogP contribution is -1.92. The van der Waals surface area contributed by atoms with Crippen LogP contribution in [0.1, 0.15) is 5.56 Å². The summed E-state index contributed by atoms with van der Waals surface area (Å²) in [6.45, 7) is 1.84. The van der Waals surface area contributed by atoms with E-state index in [1.165, 1.54) is 24.8 Å². The van der Waals surface area contributed by atoms with E-state index in [1.54, 1.807) is 4.57 Å². The van der Waals surface area contributed by atoms with Crippen LogP contribution >= 0.6 is 0 Å². The Balaban J connectivity index is 2.53. The molecule has 0 radical (unpaired) electrons. The van der Waals surface area contributed by atoms with Crippen LogP contribution in [0.5, 0.6) is 0 Å². The number of hydrogen-bond donors (Lipinski definition) is 0. The molecular weight excluding hydrogens is 169 g/mol. The lowest BCUT2D eigenvalue weighted by atomic mass is 10.2. The van der Waals surface area contributed by atoms with Gasteiger partial charge in [-0.1, -0.05) is 0 Å². The molecule has 0 N–H and O–H groups in total. The van der Waals surface area contributed by atoms with Gasteiger partial charge in [0.15, 0.2) is 0 Å². The van der Waals surface area contributed by atoms with E-state index in [-0.39, 0.29) is 5.82 Å². The average Bonchev–Trinajstić information content (AvgIpc) is 2.53. The summed E-state index contributed by atoms with van der Waals surface area (Å²) in [5.41, 5.74) is 1.62. The van der Waals surface area contributed by atoms with Crippen molar-refractivity contribution in [1.29, 1.82) is 0 Å². The number of aromatic nitrogens is 3.